The standard InChI is InChI=1S/C5H10O4S/c1-3-4(6)2-10(8,9)5(3)7/h3-7H,2H2,1H3. The number of hydrogen-bond acceptors (Lipinski definition) is 4. The number of aliphatic hydroxyl groups is 2. The quantitative estimate of drug-likeness (QED) is 0.470. The van der Waals surface area contributed by atoms with E-state index in [1.54, 1.807) is 0 Å². The molecule has 4 nitrogen and oxygen atoms in total. The van der Waals surface area contributed by atoms with Crippen LogP contribution in [0.3, 0.4) is 0 Å². The number of sulfone groups is 1. The fourth-order valence-corrected chi connectivity index (χ4v) is 2.82. The number of rotatable bonds is 0. The lowest BCUT2D eigenvalue weighted by atomic mass is 10.1. The van der Waals surface area contributed by atoms with Crippen LogP contribution in [0.25, 0.3) is 0 Å². The lowest BCUT2D eigenvalue weighted by Crippen LogP contribution is -2.21. The molecule has 0 saturated carbocycles. The zero-order valence-corrected chi connectivity index (χ0v) is 6.37. The van der Waals surface area contributed by atoms with Gasteiger partial charge >= 0.3 is 0 Å². The van der Waals surface area contributed by atoms with Gasteiger partial charge in [0.25, 0.3) is 0 Å². The average Bonchev–Trinajstić information content (AvgIpc) is 1.95. The van der Waals surface area contributed by atoms with Gasteiger partial charge in [-0.2, -0.15) is 0 Å². The van der Waals surface area contributed by atoms with Crippen molar-refractivity contribution < 1.29 is 18.6 Å². The first kappa shape index (κ1) is 7.97. The Morgan fingerprint density at radius 3 is 2.00 bits per heavy atom. The molecule has 0 aromatic rings. The smallest absolute Gasteiger partial charge is 0.179 e. The Bertz CT molecular complexity index is 220. The van der Waals surface area contributed by atoms with Gasteiger partial charge in [0.1, 0.15) is 0 Å². The largest absolute Gasteiger partial charge is 0.392 e. The summed E-state index contributed by atoms with van der Waals surface area (Å²) in [6.07, 6.45) is -0.903. The minimum atomic E-state index is -3.42. The molecule has 0 radical (unpaired) electrons. The molecule has 10 heavy (non-hydrogen) atoms. The number of hydrogen-bond donors (Lipinski definition) is 2. The normalized spacial score (nSPS) is 45.7. The molecule has 60 valence electrons. The molecule has 3 atom stereocenters. The minimum Gasteiger partial charge on any atom is -0.392 e. The van der Waals surface area contributed by atoms with Gasteiger partial charge in [-0.15, -0.1) is 0 Å². The van der Waals surface area contributed by atoms with Gasteiger partial charge in [0.05, 0.1) is 11.9 Å². The molecular weight excluding hydrogens is 156 g/mol. The van der Waals surface area contributed by atoms with Crippen LogP contribution in [0.2, 0.25) is 0 Å². The lowest BCUT2D eigenvalue weighted by Gasteiger charge is -2.07. The lowest BCUT2D eigenvalue weighted by molar-refractivity contribution is 0.0923. The summed E-state index contributed by atoms with van der Waals surface area (Å²) >= 11 is 0. The molecule has 1 aliphatic heterocycles. The minimum absolute atomic E-state index is 0.310. The maximum Gasteiger partial charge on any atom is 0.179 e. The zero-order chi connectivity index (χ0) is 7.94. The number of aliphatic hydroxyl groups excluding tert-OH is 2. The summed E-state index contributed by atoms with van der Waals surface area (Å²) in [5, 5.41) is 17.9. The van der Waals surface area contributed by atoms with Crippen LogP contribution in [0.1, 0.15) is 6.92 Å². The summed E-state index contributed by atoms with van der Waals surface area (Å²) in [6, 6.07) is 0. The van der Waals surface area contributed by atoms with E-state index in [1.807, 2.05) is 0 Å². The molecular formula is C5H10O4S. The summed E-state index contributed by atoms with van der Waals surface area (Å²) in [6.45, 7) is 1.51. The summed E-state index contributed by atoms with van der Waals surface area (Å²) in [5.74, 6) is -0.861. The van der Waals surface area contributed by atoms with E-state index in [2.05, 4.69) is 0 Å². The van der Waals surface area contributed by atoms with Gasteiger partial charge in [0, 0.05) is 5.92 Å². The Labute approximate surface area is 59.4 Å². The van der Waals surface area contributed by atoms with Gasteiger partial charge in [-0.3, -0.25) is 0 Å². The first-order chi connectivity index (χ1) is 4.45. The second kappa shape index (κ2) is 2.18. The van der Waals surface area contributed by atoms with Crippen molar-refractivity contribution in [3.05, 3.63) is 0 Å². The van der Waals surface area contributed by atoms with E-state index >= 15 is 0 Å². The van der Waals surface area contributed by atoms with Crippen molar-refractivity contribution in [3.8, 4) is 0 Å². The molecule has 0 aromatic carbocycles. The Balaban J connectivity index is 2.93. The second-order valence-electron chi connectivity index (χ2n) is 2.65. The molecule has 2 N–H and O–H groups in total. The van der Waals surface area contributed by atoms with E-state index < -0.39 is 27.3 Å². The highest BCUT2D eigenvalue weighted by atomic mass is 32.2. The third kappa shape index (κ3) is 1.04. The van der Waals surface area contributed by atoms with Crippen molar-refractivity contribution in [2.24, 2.45) is 5.92 Å². The van der Waals surface area contributed by atoms with Gasteiger partial charge in [0.15, 0.2) is 15.3 Å². The van der Waals surface area contributed by atoms with E-state index in [9.17, 15) is 8.42 Å². The Morgan fingerprint density at radius 1 is 1.40 bits per heavy atom. The van der Waals surface area contributed by atoms with Crippen LogP contribution in [0.15, 0.2) is 0 Å². The Kier molecular flexibility index (Phi) is 1.74. The third-order valence-electron chi connectivity index (χ3n) is 1.83. The Hall–Kier alpha value is -0.130. The van der Waals surface area contributed by atoms with Gasteiger partial charge in [-0.05, 0) is 0 Å². The van der Waals surface area contributed by atoms with E-state index in [-0.39, 0.29) is 5.75 Å². The van der Waals surface area contributed by atoms with Crippen LogP contribution in [0, 0.1) is 5.92 Å². The molecule has 3 unspecified atom stereocenters. The van der Waals surface area contributed by atoms with Crippen LogP contribution < -0.4 is 0 Å². The third-order valence-corrected chi connectivity index (χ3v) is 3.80. The monoisotopic (exact) mass is 166 g/mol. The summed E-state index contributed by atoms with van der Waals surface area (Å²) in [4.78, 5) is 0. The van der Waals surface area contributed by atoms with Crippen LogP contribution in [-0.2, 0) is 9.84 Å². The summed E-state index contributed by atoms with van der Waals surface area (Å²) in [7, 11) is -3.42. The van der Waals surface area contributed by atoms with Crippen LogP contribution in [0.4, 0.5) is 0 Å². The highest BCUT2D eigenvalue weighted by Crippen LogP contribution is 2.24. The van der Waals surface area contributed by atoms with Crippen LogP contribution in [0.5, 0.6) is 0 Å². The highest BCUT2D eigenvalue weighted by Gasteiger charge is 2.42. The zero-order valence-electron chi connectivity index (χ0n) is 5.56. The molecule has 0 aromatic heterocycles. The molecule has 1 aliphatic rings. The predicted octanol–water partition coefficient (Wildman–Crippen LogP) is -1.27. The first-order valence-corrected chi connectivity index (χ1v) is 4.74. The Morgan fingerprint density at radius 2 is 1.90 bits per heavy atom. The van der Waals surface area contributed by atoms with E-state index in [0.29, 0.717) is 0 Å². The van der Waals surface area contributed by atoms with Crippen molar-refractivity contribution in [3.63, 3.8) is 0 Å². The molecule has 0 bridgehead atoms. The van der Waals surface area contributed by atoms with Crippen molar-refractivity contribution in [2.45, 2.75) is 18.5 Å². The van der Waals surface area contributed by atoms with E-state index in [4.69, 9.17) is 10.2 Å². The van der Waals surface area contributed by atoms with E-state index in [0.717, 1.165) is 0 Å². The van der Waals surface area contributed by atoms with Gasteiger partial charge < -0.3 is 10.2 Å². The van der Waals surface area contributed by atoms with Crippen molar-refractivity contribution in [1.82, 2.24) is 0 Å². The van der Waals surface area contributed by atoms with E-state index in [1.165, 1.54) is 6.92 Å². The van der Waals surface area contributed by atoms with Gasteiger partial charge in [-0.1, -0.05) is 6.92 Å². The van der Waals surface area contributed by atoms with Gasteiger partial charge in [0.2, 0.25) is 0 Å². The molecule has 1 fully saturated rings. The molecule has 1 rings (SSSR count). The molecule has 0 spiro atoms. The molecule has 1 saturated heterocycles. The first-order valence-electron chi connectivity index (χ1n) is 3.03. The van der Waals surface area contributed by atoms with Crippen molar-refractivity contribution in [1.29, 1.82) is 0 Å². The summed E-state index contributed by atoms with van der Waals surface area (Å²) < 4.78 is 21.5. The van der Waals surface area contributed by atoms with Crippen LogP contribution >= 0.6 is 0 Å². The molecule has 0 amide bonds. The fourth-order valence-electron chi connectivity index (χ4n) is 1.01. The fraction of sp³-hybridized carbons (Fsp3) is 1.00. The van der Waals surface area contributed by atoms with Crippen LogP contribution in [-0.4, -0.2) is 35.9 Å². The van der Waals surface area contributed by atoms with Crippen molar-refractivity contribution in [2.75, 3.05) is 5.75 Å². The molecule has 5 heteroatoms. The maximum atomic E-state index is 10.8. The SMILES string of the molecule is CC1C(O)CS(=O)(=O)C1O. The average molecular weight is 166 g/mol. The molecule has 1 heterocycles. The summed E-state index contributed by atoms with van der Waals surface area (Å²) in [5.41, 5.74) is -1.37. The molecule has 0 aliphatic carbocycles. The topological polar surface area (TPSA) is 74.6 Å². The van der Waals surface area contributed by atoms with Crippen molar-refractivity contribution >= 4 is 9.84 Å². The van der Waals surface area contributed by atoms with Gasteiger partial charge in [-0.25, -0.2) is 8.42 Å². The maximum absolute atomic E-state index is 10.8. The predicted molar refractivity (Wildman–Crippen MR) is 35.0 cm³/mol. The second-order valence-corrected chi connectivity index (χ2v) is 4.79. The highest BCUT2D eigenvalue weighted by molar-refractivity contribution is 7.92.